The zero-order chi connectivity index (χ0) is 53.7. The minimum Gasteiger partial charge on any atom is -0.312 e. The Balaban J connectivity index is 1.18. The van der Waals surface area contributed by atoms with Crippen LogP contribution in [0.2, 0.25) is 0 Å². The third-order valence-corrected chi connectivity index (χ3v) is 13.9. The lowest BCUT2D eigenvalue weighted by molar-refractivity contribution is 1.16. The van der Waals surface area contributed by atoms with Crippen molar-refractivity contribution in [3.05, 3.63) is 307 Å². The number of para-hydroxylation sites is 4. The van der Waals surface area contributed by atoms with Gasteiger partial charge in [0, 0.05) is 67.6 Å². The molecular weight excluding hydrogens is 967 g/mol. The molecule has 0 unspecified atom stereocenters. The van der Waals surface area contributed by atoms with E-state index in [4.69, 9.17) is 13.1 Å². The lowest BCUT2D eigenvalue weighted by Gasteiger charge is -2.30. The van der Waals surface area contributed by atoms with E-state index >= 15 is 0 Å². The van der Waals surface area contributed by atoms with E-state index in [-0.39, 0.29) is 0 Å². The highest BCUT2D eigenvalue weighted by Crippen LogP contribution is 2.47. The average molecular weight is 1010 g/mol. The number of hydrogen-bond donors (Lipinski definition) is 0. The molecule has 0 aliphatic carbocycles. The van der Waals surface area contributed by atoms with Gasteiger partial charge in [0.15, 0.2) is 11.4 Å². The van der Waals surface area contributed by atoms with E-state index in [2.05, 4.69) is 149 Å². The van der Waals surface area contributed by atoms with Gasteiger partial charge in [-0.3, -0.25) is 0 Å². The Hall–Kier alpha value is -11.6. The van der Waals surface area contributed by atoms with Gasteiger partial charge < -0.3 is 24.2 Å². The number of benzene rings is 11. The highest BCUT2D eigenvalue weighted by atomic mass is 15.2. The standard InChI is InChI=1S/C70H45N9/c1-73-52-21-17-33-60(41-52)76(55-25-9-4-10-26-55)63-36-38-70-68(47-63)67-46-62(75(54-23-7-3-8-24-54)58-31-15-19-50(39-58)48-71)35-37-69(67)79(70)66-44-64(77(56-27-11-5-12-28-56)59-32-16-20-51(40-59)49-72)43-65(45-66)78(57-29-13-6-14-30-57)61-34-18-22-53(42-61)74-2/h3-47H. The van der Waals surface area contributed by atoms with Gasteiger partial charge in [-0.05, 0) is 164 Å². The van der Waals surface area contributed by atoms with Gasteiger partial charge >= 0.3 is 0 Å². The van der Waals surface area contributed by atoms with Crippen LogP contribution in [0.4, 0.5) is 79.6 Å². The normalized spacial score (nSPS) is 10.7. The largest absolute Gasteiger partial charge is 0.312 e. The Morgan fingerprint density at radius 3 is 0.962 bits per heavy atom. The van der Waals surface area contributed by atoms with Crippen LogP contribution in [-0.2, 0) is 0 Å². The lowest BCUT2D eigenvalue weighted by atomic mass is 10.1. The molecule has 79 heavy (non-hydrogen) atoms. The zero-order valence-electron chi connectivity index (χ0n) is 42.5. The van der Waals surface area contributed by atoms with Crippen LogP contribution in [0.3, 0.4) is 0 Å². The van der Waals surface area contributed by atoms with Crippen LogP contribution in [-0.4, -0.2) is 4.57 Å². The molecular formula is C70H45N9. The van der Waals surface area contributed by atoms with Crippen LogP contribution in [0.1, 0.15) is 11.1 Å². The summed E-state index contributed by atoms with van der Waals surface area (Å²) in [4.78, 5) is 16.4. The second kappa shape index (κ2) is 21.3. The summed E-state index contributed by atoms with van der Waals surface area (Å²) in [5, 5.41) is 22.3. The van der Waals surface area contributed by atoms with E-state index in [9.17, 15) is 10.5 Å². The molecule has 370 valence electrons. The maximum absolute atomic E-state index is 10.3. The van der Waals surface area contributed by atoms with Crippen LogP contribution in [0, 0.1) is 35.8 Å². The first-order chi connectivity index (χ1) is 39.0. The van der Waals surface area contributed by atoms with Gasteiger partial charge in [-0.1, -0.05) is 109 Å². The lowest BCUT2D eigenvalue weighted by Crippen LogP contribution is -2.14. The average Bonchev–Trinajstić information content (AvgIpc) is 4.05. The van der Waals surface area contributed by atoms with Gasteiger partial charge in [-0.15, -0.1) is 0 Å². The molecule has 0 saturated heterocycles. The molecule has 0 spiro atoms. The van der Waals surface area contributed by atoms with E-state index in [1.165, 1.54) is 0 Å². The summed E-state index contributed by atoms with van der Waals surface area (Å²) in [7, 11) is 0. The van der Waals surface area contributed by atoms with Crippen molar-refractivity contribution in [3.8, 4) is 17.8 Å². The smallest absolute Gasteiger partial charge is 0.189 e. The van der Waals surface area contributed by atoms with Crippen LogP contribution < -0.4 is 19.6 Å². The molecule has 0 aliphatic heterocycles. The van der Waals surface area contributed by atoms with Crippen molar-refractivity contribution in [2.45, 2.75) is 0 Å². The van der Waals surface area contributed by atoms with Crippen LogP contribution in [0.5, 0.6) is 0 Å². The fourth-order valence-corrected chi connectivity index (χ4v) is 10.5. The fourth-order valence-electron chi connectivity index (χ4n) is 10.5. The predicted molar refractivity (Wildman–Crippen MR) is 321 cm³/mol. The molecule has 0 radical (unpaired) electrons. The molecule has 0 amide bonds. The van der Waals surface area contributed by atoms with Gasteiger partial charge in [0.05, 0.1) is 64.5 Å². The Morgan fingerprint density at radius 2 is 0.608 bits per heavy atom. The SMILES string of the molecule is [C-]#[N+]c1cccc(N(c2ccccc2)c2cc(N(c3ccccc3)c3cccc(C#N)c3)cc(-n3c4ccc(N(c5ccccc5)c5cccc(C#N)c5)cc4c4cc(N(c5ccccc5)c5cccc([N+]#[C-])c5)ccc43)c2)c1. The second-order valence-corrected chi connectivity index (χ2v) is 18.7. The number of anilines is 12. The molecule has 0 atom stereocenters. The Morgan fingerprint density at radius 1 is 0.291 bits per heavy atom. The molecule has 12 rings (SSSR count). The summed E-state index contributed by atoms with van der Waals surface area (Å²) in [6, 6.07) is 95.8. The third kappa shape index (κ3) is 9.48. The molecule has 9 nitrogen and oxygen atoms in total. The van der Waals surface area contributed by atoms with Gasteiger partial charge in [0.1, 0.15) is 0 Å². The number of hydrogen-bond acceptors (Lipinski definition) is 6. The minimum atomic E-state index is 0.511. The topological polar surface area (TPSA) is 74.2 Å². The Kier molecular flexibility index (Phi) is 13.0. The van der Waals surface area contributed by atoms with Gasteiger partial charge in [-0.2, -0.15) is 10.5 Å². The van der Waals surface area contributed by atoms with Crippen molar-refractivity contribution in [2.75, 3.05) is 19.6 Å². The van der Waals surface area contributed by atoms with Crippen molar-refractivity contribution in [1.29, 1.82) is 10.5 Å². The highest BCUT2D eigenvalue weighted by molar-refractivity contribution is 6.12. The second-order valence-electron chi connectivity index (χ2n) is 18.7. The predicted octanol–water partition coefficient (Wildman–Crippen LogP) is 19.5. The molecule has 0 aliphatic rings. The molecule has 0 bridgehead atoms. The van der Waals surface area contributed by atoms with E-state index < -0.39 is 0 Å². The minimum absolute atomic E-state index is 0.511. The van der Waals surface area contributed by atoms with Crippen LogP contribution in [0.25, 0.3) is 37.2 Å². The van der Waals surface area contributed by atoms with E-state index in [1.54, 1.807) is 0 Å². The number of aromatic nitrogens is 1. The highest BCUT2D eigenvalue weighted by Gasteiger charge is 2.24. The van der Waals surface area contributed by atoms with Crippen molar-refractivity contribution in [1.82, 2.24) is 4.57 Å². The summed E-state index contributed by atoms with van der Waals surface area (Å²) in [6.07, 6.45) is 0. The van der Waals surface area contributed by atoms with E-state index in [0.29, 0.717) is 22.5 Å². The first kappa shape index (κ1) is 48.3. The maximum atomic E-state index is 10.3. The molecule has 0 N–H and O–H groups in total. The van der Waals surface area contributed by atoms with Gasteiger partial charge in [0.25, 0.3) is 0 Å². The summed E-state index contributed by atoms with van der Waals surface area (Å²) in [6.45, 7) is 16.0. The number of nitriles is 2. The third-order valence-electron chi connectivity index (χ3n) is 13.9. The monoisotopic (exact) mass is 1010 g/mol. The molecule has 11 aromatic carbocycles. The summed E-state index contributed by atoms with van der Waals surface area (Å²) >= 11 is 0. The molecule has 12 aromatic rings. The van der Waals surface area contributed by atoms with Crippen molar-refractivity contribution in [2.24, 2.45) is 0 Å². The zero-order valence-corrected chi connectivity index (χ0v) is 42.5. The van der Waals surface area contributed by atoms with Crippen molar-refractivity contribution in [3.63, 3.8) is 0 Å². The summed E-state index contributed by atoms with van der Waals surface area (Å²) in [5.41, 5.74) is 15.2. The molecule has 0 saturated carbocycles. The van der Waals surface area contributed by atoms with Crippen LogP contribution in [0.15, 0.2) is 273 Å². The van der Waals surface area contributed by atoms with Crippen molar-refractivity contribution < 1.29 is 0 Å². The van der Waals surface area contributed by atoms with Gasteiger partial charge in [-0.25, -0.2) is 9.69 Å². The number of rotatable bonds is 13. The molecule has 0 fully saturated rings. The van der Waals surface area contributed by atoms with Gasteiger partial charge in [0.2, 0.25) is 0 Å². The molecule has 1 aromatic heterocycles. The fraction of sp³-hybridized carbons (Fsp3) is 0. The Labute approximate surface area is 458 Å². The Bertz CT molecular complexity index is 4120. The summed E-state index contributed by atoms with van der Waals surface area (Å²) in [5.74, 6) is 0. The van der Waals surface area contributed by atoms with E-state index in [0.717, 1.165) is 95.7 Å². The molecule has 9 heteroatoms. The first-order valence-electron chi connectivity index (χ1n) is 25.6. The maximum Gasteiger partial charge on any atom is 0.189 e. The quantitative estimate of drug-likeness (QED) is 0.107. The number of nitrogens with zero attached hydrogens (tertiary/aromatic N) is 9. The number of fused-ring (bicyclic) bond motifs is 3. The first-order valence-corrected chi connectivity index (χ1v) is 25.6. The van der Waals surface area contributed by atoms with Crippen molar-refractivity contribution >= 4 is 101 Å². The van der Waals surface area contributed by atoms with Crippen LogP contribution >= 0.6 is 0 Å². The molecule has 1 heterocycles. The van der Waals surface area contributed by atoms with E-state index in [1.807, 2.05) is 170 Å². The summed E-state index contributed by atoms with van der Waals surface area (Å²) < 4.78 is 2.31.